The van der Waals surface area contributed by atoms with E-state index in [-0.39, 0.29) is 28.8 Å². The number of benzene rings is 1. The molecule has 1 aromatic rings. The minimum atomic E-state index is -1.74. The zero-order chi connectivity index (χ0) is 20.7. The molecule has 1 atom stereocenters. The van der Waals surface area contributed by atoms with Gasteiger partial charge >= 0.3 is 0 Å². The molecule has 0 heterocycles. The van der Waals surface area contributed by atoms with E-state index in [1.807, 2.05) is 19.1 Å². The van der Waals surface area contributed by atoms with Crippen molar-refractivity contribution < 1.29 is 18.2 Å². The number of carbonyl (C=O) groups is 2. The Labute approximate surface area is 167 Å². The van der Waals surface area contributed by atoms with Gasteiger partial charge in [0.05, 0.1) is 23.0 Å². The van der Waals surface area contributed by atoms with Crippen LogP contribution in [0.25, 0.3) is 0 Å². The molecule has 0 fully saturated rings. The van der Waals surface area contributed by atoms with Crippen molar-refractivity contribution in [3.05, 3.63) is 29.8 Å². The van der Waals surface area contributed by atoms with Crippen LogP contribution < -0.4 is 0 Å². The predicted octanol–water partition coefficient (Wildman–Crippen LogP) is 4.82. The molecule has 0 radical (unpaired) electrons. The number of ketones is 2. The number of aryl methyl sites for hydroxylation is 1. The Morgan fingerprint density at radius 3 is 2.19 bits per heavy atom. The Balaban J connectivity index is 2.27. The molecule has 0 unspecified atom stereocenters. The van der Waals surface area contributed by atoms with Crippen molar-refractivity contribution in [1.29, 1.82) is 0 Å². The highest BCUT2D eigenvalue weighted by molar-refractivity contribution is 7.85. The van der Waals surface area contributed by atoms with Crippen LogP contribution in [0.15, 0.2) is 29.2 Å². The maximum atomic E-state index is 12.2. The van der Waals surface area contributed by atoms with Gasteiger partial charge in [0.2, 0.25) is 0 Å². The number of unbranched alkanes of at least 4 members (excludes halogenated alkanes) is 1. The van der Waals surface area contributed by atoms with Crippen LogP contribution in [0.3, 0.4) is 0 Å². The second kappa shape index (κ2) is 10.4. The van der Waals surface area contributed by atoms with E-state index in [2.05, 4.69) is 33.9 Å². The number of carbonyl (C=O) groups excluding carboxylic acids is 2. The van der Waals surface area contributed by atoms with Crippen LogP contribution in [0.2, 0.25) is 18.1 Å². The van der Waals surface area contributed by atoms with Gasteiger partial charge in [0, 0.05) is 17.9 Å². The fraction of sp³-hybridized carbons (Fsp3) is 0.619. The molecule has 1 aromatic carbocycles. The maximum absolute atomic E-state index is 12.2. The lowest BCUT2D eigenvalue weighted by atomic mass is 10.1. The van der Waals surface area contributed by atoms with Crippen molar-refractivity contribution in [3.8, 4) is 0 Å². The van der Waals surface area contributed by atoms with Crippen LogP contribution >= 0.6 is 0 Å². The zero-order valence-corrected chi connectivity index (χ0v) is 19.4. The van der Waals surface area contributed by atoms with Gasteiger partial charge in [-0.25, -0.2) is 0 Å². The summed E-state index contributed by atoms with van der Waals surface area (Å²) in [6, 6.07) is 7.27. The Hall–Kier alpha value is -1.11. The topological polar surface area (TPSA) is 60.4 Å². The standard InChI is InChI=1S/C21H34O4SSi/c1-17-10-12-20(13-11-17)26(24)16-19(23)15-18(22)9-7-8-14-25-27(5,6)21(2,3)4/h10-13H,7-9,14-16H2,1-6H3/t26-/m1/s1. The number of rotatable bonds is 11. The molecule has 27 heavy (non-hydrogen) atoms. The summed E-state index contributed by atoms with van der Waals surface area (Å²) in [6.07, 6.45) is 1.80. The highest BCUT2D eigenvalue weighted by atomic mass is 32.2. The van der Waals surface area contributed by atoms with E-state index in [1.54, 1.807) is 12.1 Å². The van der Waals surface area contributed by atoms with Crippen molar-refractivity contribution in [2.24, 2.45) is 0 Å². The largest absolute Gasteiger partial charge is 0.417 e. The lowest BCUT2D eigenvalue weighted by Crippen LogP contribution is -2.40. The van der Waals surface area contributed by atoms with Crippen molar-refractivity contribution in [1.82, 2.24) is 0 Å². The Kier molecular flexibility index (Phi) is 9.25. The average Bonchev–Trinajstić information content (AvgIpc) is 2.53. The molecule has 4 nitrogen and oxygen atoms in total. The van der Waals surface area contributed by atoms with Crippen LogP contribution in [0.1, 0.15) is 52.0 Å². The predicted molar refractivity (Wildman–Crippen MR) is 114 cm³/mol. The van der Waals surface area contributed by atoms with Gasteiger partial charge in [-0.15, -0.1) is 0 Å². The summed E-state index contributed by atoms with van der Waals surface area (Å²) >= 11 is 0. The lowest BCUT2D eigenvalue weighted by molar-refractivity contribution is -0.125. The van der Waals surface area contributed by atoms with Crippen LogP contribution in [-0.2, 0) is 24.8 Å². The van der Waals surface area contributed by atoms with Crippen molar-refractivity contribution >= 4 is 30.7 Å². The van der Waals surface area contributed by atoms with Gasteiger partial charge in [0.1, 0.15) is 5.78 Å². The van der Waals surface area contributed by atoms with Gasteiger partial charge in [-0.2, -0.15) is 0 Å². The summed E-state index contributed by atoms with van der Waals surface area (Å²) in [7, 11) is -3.12. The van der Waals surface area contributed by atoms with Gasteiger partial charge in [-0.05, 0) is 50.0 Å². The number of hydrogen-bond donors (Lipinski definition) is 0. The molecule has 0 bridgehead atoms. The maximum Gasteiger partial charge on any atom is 0.191 e. The average molecular weight is 411 g/mol. The second-order valence-corrected chi connectivity index (χ2v) is 14.9. The molecular weight excluding hydrogens is 376 g/mol. The third-order valence-electron chi connectivity index (χ3n) is 5.09. The van der Waals surface area contributed by atoms with E-state index in [0.717, 1.165) is 18.4 Å². The third-order valence-corrected chi connectivity index (χ3v) is 11.0. The van der Waals surface area contributed by atoms with Crippen LogP contribution in [0.5, 0.6) is 0 Å². The first-order chi connectivity index (χ1) is 12.4. The molecule has 0 aliphatic rings. The van der Waals surface area contributed by atoms with E-state index >= 15 is 0 Å². The van der Waals surface area contributed by atoms with Crippen LogP contribution in [-0.4, -0.2) is 36.5 Å². The lowest BCUT2D eigenvalue weighted by Gasteiger charge is -2.36. The zero-order valence-electron chi connectivity index (χ0n) is 17.6. The Bertz CT molecular complexity index is 660. The fourth-order valence-electron chi connectivity index (χ4n) is 2.25. The highest BCUT2D eigenvalue weighted by Crippen LogP contribution is 2.36. The van der Waals surface area contributed by atoms with Gasteiger partial charge < -0.3 is 4.43 Å². The third kappa shape index (κ3) is 8.62. The molecule has 0 aromatic heterocycles. The minimum Gasteiger partial charge on any atom is -0.417 e. The van der Waals surface area contributed by atoms with E-state index < -0.39 is 19.1 Å². The molecule has 0 saturated carbocycles. The first kappa shape index (κ1) is 23.9. The molecule has 0 N–H and O–H groups in total. The molecule has 0 amide bonds. The molecular formula is C21H34O4SSi. The SMILES string of the molecule is Cc1ccc([S@](=O)CC(=O)CC(=O)CCCCO[Si](C)(C)C(C)(C)C)cc1. The molecule has 1 rings (SSSR count). The van der Waals surface area contributed by atoms with Gasteiger partial charge in [0.25, 0.3) is 0 Å². The normalized spacial score (nSPS) is 13.4. The molecule has 0 aliphatic heterocycles. The smallest absolute Gasteiger partial charge is 0.191 e. The monoisotopic (exact) mass is 410 g/mol. The quantitative estimate of drug-likeness (QED) is 0.298. The van der Waals surface area contributed by atoms with Gasteiger partial charge in [0.15, 0.2) is 14.1 Å². The van der Waals surface area contributed by atoms with E-state index in [4.69, 9.17) is 4.43 Å². The van der Waals surface area contributed by atoms with Crippen molar-refractivity contribution in [2.45, 2.75) is 76.4 Å². The van der Waals surface area contributed by atoms with Crippen LogP contribution in [0.4, 0.5) is 0 Å². The minimum absolute atomic E-state index is 0.0757. The van der Waals surface area contributed by atoms with E-state index in [0.29, 0.717) is 17.9 Å². The number of hydrogen-bond acceptors (Lipinski definition) is 4. The molecule has 0 spiro atoms. The van der Waals surface area contributed by atoms with Gasteiger partial charge in [-0.1, -0.05) is 38.5 Å². The second-order valence-electron chi connectivity index (χ2n) is 8.62. The summed E-state index contributed by atoms with van der Waals surface area (Å²) in [5, 5.41) is 0.183. The number of Topliss-reactive ketones (excluding diaryl/α,β-unsaturated/α-hetero) is 2. The van der Waals surface area contributed by atoms with Gasteiger partial charge in [-0.3, -0.25) is 13.8 Å². The Morgan fingerprint density at radius 1 is 1.04 bits per heavy atom. The summed E-state index contributed by atoms with van der Waals surface area (Å²) in [5.74, 6) is -0.423. The molecule has 0 aliphatic carbocycles. The highest BCUT2D eigenvalue weighted by Gasteiger charge is 2.36. The first-order valence-electron chi connectivity index (χ1n) is 9.55. The summed E-state index contributed by atoms with van der Waals surface area (Å²) < 4.78 is 18.3. The van der Waals surface area contributed by atoms with Crippen molar-refractivity contribution in [2.75, 3.05) is 12.4 Å². The fourth-order valence-corrected chi connectivity index (χ4v) is 4.34. The first-order valence-corrected chi connectivity index (χ1v) is 13.8. The van der Waals surface area contributed by atoms with E-state index in [9.17, 15) is 13.8 Å². The van der Waals surface area contributed by atoms with E-state index in [1.165, 1.54) is 0 Å². The summed E-state index contributed by atoms with van der Waals surface area (Å²) in [6.45, 7) is 13.7. The molecule has 6 heteroatoms. The molecule has 0 saturated heterocycles. The summed E-state index contributed by atoms with van der Waals surface area (Å²) in [4.78, 5) is 24.6. The molecule has 152 valence electrons. The van der Waals surface area contributed by atoms with Crippen LogP contribution in [0, 0.1) is 6.92 Å². The Morgan fingerprint density at radius 2 is 1.63 bits per heavy atom. The summed E-state index contributed by atoms with van der Waals surface area (Å²) in [5.41, 5.74) is 1.08. The van der Waals surface area contributed by atoms with Crippen molar-refractivity contribution in [3.63, 3.8) is 0 Å².